The fourth-order valence-corrected chi connectivity index (χ4v) is 4.70. The quantitative estimate of drug-likeness (QED) is 0.339. The number of aryl methyl sites for hydroxylation is 1. The number of hydrogen-bond acceptors (Lipinski definition) is 8. The Labute approximate surface area is 209 Å². The van der Waals surface area contributed by atoms with E-state index in [1.807, 2.05) is 25.1 Å². The van der Waals surface area contributed by atoms with Crippen LogP contribution in [0, 0.1) is 12.7 Å². The van der Waals surface area contributed by atoms with Gasteiger partial charge >= 0.3 is 0 Å². The van der Waals surface area contributed by atoms with Crippen molar-refractivity contribution in [3.8, 4) is 34.0 Å². The molecule has 37 heavy (non-hydrogen) atoms. The molecule has 1 aromatic carbocycles. The highest BCUT2D eigenvalue weighted by atomic mass is 19.1. The normalized spacial score (nSPS) is 14.0. The van der Waals surface area contributed by atoms with Gasteiger partial charge in [0.2, 0.25) is 0 Å². The number of pyridine rings is 2. The van der Waals surface area contributed by atoms with E-state index >= 15 is 0 Å². The lowest BCUT2D eigenvalue weighted by atomic mass is 10.1. The minimum absolute atomic E-state index is 0.168. The van der Waals surface area contributed by atoms with E-state index in [1.165, 1.54) is 12.1 Å². The molecule has 10 nitrogen and oxygen atoms in total. The lowest BCUT2D eigenvalue weighted by molar-refractivity contribution is 0.514. The van der Waals surface area contributed by atoms with Crippen molar-refractivity contribution in [1.29, 1.82) is 0 Å². The van der Waals surface area contributed by atoms with Crippen LogP contribution in [0.4, 0.5) is 10.2 Å². The largest absolute Gasteiger partial charge is 0.352 e. The molecule has 0 spiro atoms. The number of aromatic nitrogens is 8. The highest BCUT2D eigenvalue weighted by Gasteiger charge is 2.25. The summed E-state index contributed by atoms with van der Waals surface area (Å²) in [4.78, 5) is 28.4. The SMILES string of the molecule is Cc1cc(F)cc(-c2nccc3[nH]c(-c4n[nH]c5ncc(-c6cncc(N7CC(N)C7)n6)cc45)nc23)c1. The van der Waals surface area contributed by atoms with Gasteiger partial charge in [-0.3, -0.25) is 15.1 Å². The Kier molecular flexibility index (Phi) is 4.73. The van der Waals surface area contributed by atoms with E-state index in [0.717, 1.165) is 40.9 Å². The Bertz CT molecular complexity index is 1780. The van der Waals surface area contributed by atoms with Crippen molar-refractivity contribution < 1.29 is 4.39 Å². The van der Waals surface area contributed by atoms with Gasteiger partial charge in [-0.2, -0.15) is 5.10 Å². The number of nitrogens with zero attached hydrogens (tertiary/aromatic N) is 7. The molecule has 182 valence electrons. The first-order valence-electron chi connectivity index (χ1n) is 11.8. The third kappa shape index (κ3) is 3.67. The summed E-state index contributed by atoms with van der Waals surface area (Å²) in [6.07, 6.45) is 6.88. The Morgan fingerprint density at radius 2 is 1.89 bits per heavy atom. The van der Waals surface area contributed by atoms with E-state index in [4.69, 9.17) is 15.7 Å². The van der Waals surface area contributed by atoms with Crippen LogP contribution in [0.15, 0.2) is 55.1 Å². The summed E-state index contributed by atoms with van der Waals surface area (Å²) in [7, 11) is 0. The van der Waals surface area contributed by atoms with Gasteiger partial charge in [-0.05, 0) is 42.8 Å². The van der Waals surface area contributed by atoms with Crippen LogP contribution in [0.25, 0.3) is 56.1 Å². The molecule has 6 aromatic rings. The van der Waals surface area contributed by atoms with Crippen LogP contribution in [-0.2, 0) is 0 Å². The van der Waals surface area contributed by atoms with Crippen LogP contribution < -0.4 is 10.6 Å². The standard InChI is InChI=1S/C26H21FN10/c1-13-4-14(6-16(27)5-13)22-24-19(2-3-30-22)33-26(34-24)23-18-7-15(8-31-25(18)36-35-23)20-9-29-10-21(32-20)37-11-17(28)12-37/h2-10,17H,11-12,28H2,1H3,(H,33,34)(H,31,35,36). The van der Waals surface area contributed by atoms with E-state index in [1.54, 1.807) is 24.8 Å². The van der Waals surface area contributed by atoms with E-state index in [-0.39, 0.29) is 11.9 Å². The summed E-state index contributed by atoms with van der Waals surface area (Å²) >= 11 is 0. The first-order chi connectivity index (χ1) is 18.0. The topological polar surface area (TPSA) is 138 Å². The smallest absolute Gasteiger partial charge is 0.159 e. The first kappa shape index (κ1) is 21.5. The second-order valence-electron chi connectivity index (χ2n) is 9.28. The predicted molar refractivity (Wildman–Crippen MR) is 138 cm³/mol. The molecule has 1 aliphatic rings. The fourth-order valence-electron chi connectivity index (χ4n) is 4.70. The van der Waals surface area contributed by atoms with Gasteiger partial charge in [0, 0.05) is 42.7 Å². The zero-order valence-electron chi connectivity index (χ0n) is 19.8. The summed E-state index contributed by atoms with van der Waals surface area (Å²) in [5, 5.41) is 8.25. The molecule has 1 saturated heterocycles. The Morgan fingerprint density at radius 3 is 2.73 bits per heavy atom. The molecule has 0 radical (unpaired) electrons. The second kappa shape index (κ2) is 8.14. The van der Waals surface area contributed by atoms with Gasteiger partial charge in [-0.25, -0.2) is 19.3 Å². The highest BCUT2D eigenvalue weighted by molar-refractivity contribution is 5.96. The number of nitrogens with two attached hydrogens (primary N) is 1. The fraction of sp³-hybridized carbons (Fsp3) is 0.154. The van der Waals surface area contributed by atoms with Crippen molar-refractivity contribution in [3.63, 3.8) is 0 Å². The van der Waals surface area contributed by atoms with Crippen molar-refractivity contribution in [2.24, 2.45) is 5.73 Å². The number of fused-ring (bicyclic) bond motifs is 2. The molecule has 5 aromatic heterocycles. The average Bonchev–Trinajstić information content (AvgIpc) is 3.49. The first-order valence-corrected chi connectivity index (χ1v) is 11.8. The number of benzene rings is 1. The van der Waals surface area contributed by atoms with Crippen molar-refractivity contribution in [2.45, 2.75) is 13.0 Å². The van der Waals surface area contributed by atoms with Crippen LogP contribution >= 0.6 is 0 Å². The lowest BCUT2D eigenvalue weighted by Gasteiger charge is -2.37. The average molecular weight is 493 g/mol. The minimum atomic E-state index is -0.314. The molecule has 0 aliphatic carbocycles. The summed E-state index contributed by atoms with van der Waals surface area (Å²) in [5.74, 6) is 1.03. The van der Waals surface area contributed by atoms with Crippen molar-refractivity contribution in [3.05, 3.63) is 66.5 Å². The maximum absolute atomic E-state index is 14.1. The molecule has 0 atom stereocenters. The molecule has 7 rings (SSSR count). The van der Waals surface area contributed by atoms with E-state index in [9.17, 15) is 4.39 Å². The number of rotatable bonds is 4. The zero-order chi connectivity index (χ0) is 25.1. The van der Waals surface area contributed by atoms with Crippen LogP contribution in [0.1, 0.15) is 5.56 Å². The number of anilines is 1. The summed E-state index contributed by atoms with van der Waals surface area (Å²) in [5.41, 5.74) is 12.1. The van der Waals surface area contributed by atoms with Gasteiger partial charge in [0.25, 0.3) is 0 Å². The molecule has 0 bridgehead atoms. The van der Waals surface area contributed by atoms with Crippen molar-refractivity contribution in [2.75, 3.05) is 18.0 Å². The zero-order valence-corrected chi connectivity index (χ0v) is 19.8. The summed E-state index contributed by atoms with van der Waals surface area (Å²) in [6, 6.07) is 8.82. The molecule has 4 N–H and O–H groups in total. The Balaban J connectivity index is 1.31. The van der Waals surface area contributed by atoms with Gasteiger partial charge in [0.15, 0.2) is 11.5 Å². The molecular weight excluding hydrogens is 471 g/mol. The van der Waals surface area contributed by atoms with Gasteiger partial charge in [0.05, 0.1) is 34.7 Å². The van der Waals surface area contributed by atoms with Gasteiger partial charge in [0.1, 0.15) is 22.8 Å². The number of halogens is 1. The number of nitrogens with one attached hydrogen (secondary N) is 2. The summed E-state index contributed by atoms with van der Waals surface area (Å²) in [6.45, 7) is 3.38. The molecule has 0 amide bonds. The highest BCUT2D eigenvalue weighted by Crippen LogP contribution is 2.32. The molecule has 11 heteroatoms. The molecular formula is C26H21FN10. The minimum Gasteiger partial charge on any atom is -0.352 e. The second-order valence-corrected chi connectivity index (χ2v) is 9.28. The summed E-state index contributed by atoms with van der Waals surface area (Å²) < 4.78 is 14.1. The van der Waals surface area contributed by atoms with E-state index < -0.39 is 0 Å². The van der Waals surface area contributed by atoms with Crippen molar-refractivity contribution in [1.82, 2.24) is 40.1 Å². The van der Waals surface area contributed by atoms with Crippen LogP contribution in [0.3, 0.4) is 0 Å². The third-order valence-corrected chi connectivity index (χ3v) is 6.51. The van der Waals surface area contributed by atoms with Crippen LogP contribution in [-0.4, -0.2) is 59.2 Å². The number of hydrogen-bond donors (Lipinski definition) is 3. The van der Waals surface area contributed by atoms with E-state index in [0.29, 0.717) is 39.6 Å². The Hall–Kier alpha value is -4.77. The molecule has 6 heterocycles. The third-order valence-electron chi connectivity index (χ3n) is 6.51. The molecule has 0 unspecified atom stereocenters. The lowest BCUT2D eigenvalue weighted by Crippen LogP contribution is -2.56. The molecule has 1 aliphatic heterocycles. The van der Waals surface area contributed by atoms with Gasteiger partial charge < -0.3 is 15.6 Å². The van der Waals surface area contributed by atoms with E-state index in [2.05, 4.69) is 35.0 Å². The Morgan fingerprint density at radius 1 is 1.00 bits per heavy atom. The predicted octanol–water partition coefficient (Wildman–Crippen LogP) is 3.62. The molecule has 1 fully saturated rings. The van der Waals surface area contributed by atoms with Crippen LogP contribution in [0.5, 0.6) is 0 Å². The number of aromatic amines is 2. The van der Waals surface area contributed by atoms with Crippen molar-refractivity contribution >= 4 is 27.9 Å². The number of H-pyrrole nitrogens is 2. The van der Waals surface area contributed by atoms with Gasteiger partial charge in [-0.15, -0.1) is 0 Å². The monoisotopic (exact) mass is 492 g/mol. The van der Waals surface area contributed by atoms with Crippen LogP contribution in [0.2, 0.25) is 0 Å². The maximum atomic E-state index is 14.1. The van der Waals surface area contributed by atoms with Gasteiger partial charge in [-0.1, -0.05) is 0 Å². The maximum Gasteiger partial charge on any atom is 0.159 e. The number of imidazole rings is 1. The molecule has 0 saturated carbocycles.